The average Bonchev–Trinajstić information content (AvgIpc) is 2.79. The van der Waals surface area contributed by atoms with E-state index in [-0.39, 0.29) is 37.0 Å². The summed E-state index contributed by atoms with van der Waals surface area (Å²) in [7, 11) is 0. The summed E-state index contributed by atoms with van der Waals surface area (Å²) >= 11 is 7.69. The van der Waals surface area contributed by atoms with Crippen molar-refractivity contribution in [3.05, 3.63) is 67.6 Å². The molecule has 2 amide bonds. The van der Waals surface area contributed by atoms with Crippen LogP contribution in [0.1, 0.15) is 47.9 Å². The Morgan fingerprint density at radius 2 is 1.41 bits per heavy atom. The van der Waals surface area contributed by atoms with Crippen LogP contribution in [-0.2, 0) is 14.3 Å². The number of piperidine rings is 1. The fourth-order valence-electron chi connectivity index (χ4n) is 5.24. The first-order chi connectivity index (χ1) is 16.2. The molecule has 0 N–H and O–H groups in total. The molecule has 1 unspecified atom stereocenters. The lowest BCUT2D eigenvalue weighted by atomic mass is 9.75. The van der Waals surface area contributed by atoms with E-state index in [1.54, 1.807) is 0 Å². The average molecular weight is 592 g/mol. The molecule has 7 heteroatoms. The number of rotatable bonds is 6. The van der Waals surface area contributed by atoms with Crippen molar-refractivity contribution in [2.75, 3.05) is 32.8 Å². The van der Waals surface area contributed by atoms with Gasteiger partial charge in [-0.05, 0) is 87.0 Å². The zero-order chi connectivity index (χ0) is 24.4. The SMILES string of the molecule is Cc1ccc(C(c2ccc(C)cc2Br)C2CCN(C(C)CN3C(=O)COCC3=O)CC2)c(Br)c1. The third kappa shape index (κ3) is 5.64. The smallest absolute Gasteiger partial charge is 0.255 e. The van der Waals surface area contributed by atoms with Crippen LogP contribution in [0.2, 0.25) is 0 Å². The second-order valence-electron chi connectivity index (χ2n) is 9.64. The number of ether oxygens (including phenoxy) is 1. The molecule has 0 saturated carbocycles. The maximum Gasteiger partial charge on any atom is 0.255 e. The predicted octanol–water partition coefficient (Wildman–Crippen LogP) is 5.45. The van der Waals surface area contributed by atoms with Crippen molar-refractivity contribution in [1.29, 1.82) is 0 Å². The minimum atomic E-state index is -0.230. The summed E-state index contributed by atoms with van der Waals surface area (Å²) in [4.78, 5) is 28.1. The number of hydrogen-bond donors (Lipinski definition) is 0. The van der Waals surface area contributed by atoms with Gasteiger partial charge in [-0.15, -0.1) is 0 Å². The number of carbonyl (C=O) groups excluding carboxylic acids is 2. The molecule has 5 nitrogen and oxygen atoms in total. The number of benzene rings is 2. The normalized spacial score (nSPS) is 19.2. The zero-order valence-corrected chi connectivity index (χ0v) is 23.2. The number of halogens is 2. The molecule has 0 aromatic heterocycles. The highest BCUT2D eigenvalue weighted by Crippen LogP contribution is 2.43. The lowest BCUT2D eigenvalue weighted by Crippen LogP contribution is -2.53. The van der Waals surface area contributed by atoms with Gasteiger partial charge in [-0.1, -0.05) is 56.1 Å². The number of amides is 2. The van der Waals surface area contributed by atoms with Gasteiger partial charge < -0.3 is 4.74 Å². The van der Waals surface area contributed by atoms with Crippen LogP contribution in [0.5, 0.6) is 0 Å². The maximum absolute atomic E-state index is 12.1. The number of hydrogen-bond acceptors (Lipinski definition) is 4. The van der Waals surface area contributed by atoms with Crippen LogP contribution < -0.4 is 0 Å². The molecule has 34 heavy (non-hydrogen) atoms. The first-order valence-corrected chi connectivity index (χ1v) is 13.5. The Bertz CT molecular complexity index is 998. The number of morpholine rings is 1. The molecule has 4 rings (SSSR count). The third-order valence-corrected chi connectivity index (χ3v) is 8.52. The Kier molecular flexibility index (Phi) is 8.28. The van der Waals surface area contributed by atoms with Crippen LogP contribution in [0, 0.1) is 19.8 Å². The Hall–Kier alpha value is -1.54. The van der Waals surface area contributed by atoms with Crippen LogP contribution in [-0.4, -0.2) is 60.5 Å². The van der Waals surface area contributed by atoms with E-state index in [4.69, 9.17) is 4.74 Å². The third-order valence-electron chi connectivity index (χ3n) is 7.15. The van der Waals surface area contributed by atoms with E-state index >= 15 is 0 Å². The standard InChI is InChI=1S/C27H32Br2N2O3/c1-17-4-6-21(23(28)12-17)27(22-7-5-18(2)13-24(22)29)20-8-10-30(11-9-20)19(3)14-31-25(32)15-34-16-26(31)33/h4-7,12-13,19-20,27H,8-11,14-16H2,1-3H3. The van der Waals surface area contributed by atoms with Crippen LogP contribution in [0.4, 0.5) is 0 Å². The van der Waals surface area contributed by atoms with E-state index in [1.165, 1.54) is 27.2 Å². The molecule has 0 bridgehead atoms. The van der Waals surface area contributed by atoms with Gasteiger partial charge in [-0.25, -0.2) is 0 Å². The lowest BCUT2D eigenvalue weighted by molar-refractivity contribution is -0.159. The highest BCUT2D eigenvalue weighted by molar-refractivity contribution is 9.10. The second-order valence-corrected chi connectivity index (χ2v) is 11.3. The van der Waals surface area contributed by atoms with Gasteiger partial charge in [0.15, 0.2) is 0 Å². The monoisotopic (exact) mass is 590 g/mol. The highest BCUT2D eigenvalue weighted by Gasteiger charge is 2.34. The molecule has 2 fully saturated rings. The van der Waals surface area contributed by atoms with Crippen molar-refractivity contribution in [1.82, 2.24) is 9.80 Å². The minimum Gasteiger partial charge on any atom is -0.362 e. The van der Waals surface area contributed by atoms with E-state index in [9.17, 15) is 9.59 Å². The van der Waals surface area contributed by atoms with Gasteiger partial charge in [0, 0.05) is 27.4 Å². The molecular weight excluding hydrogens is 560 g/mol. The largest absolute Gasteiger partial charge is 0.362 e. The van der Waals surface area contributed by atoms with Crippen LogP contribution in [0.15, 0.2) is 45.3 Å². The fraction of sp³-hybridized carbons (Fsp3) is 0.481. The number of likely N-dealkylation sites (tertiary alicyclic amines) is 1. The molecule has 0 aliphatic carbocycles. The van der Waals surface area contributed by atoms with Crippen molar-refractivity contribution in [3.63, 3.8) is 0 Å². The molecule has 2 aromatic carbocycles. The summed E-state index contributed by atoms with van der Waals surface area (Å²) in [6.07, 6.45) is 2.11. The lowest BCUT2D eigenvalue weighted by Gasteiger charge is -2.41. The van der Waals surface area contributed by atoms with Crippen LogP contribution >= 0.6 is 31.9 Å². The van der Waals surface area contributed by atoms with Crippen molar-refractivity contribution >= 4 is 43.7 Å². The van der Waals surface area contributed by atoms with Gasteiger partial charge in [0.05, 0.1) is 0 Å². The number of nitrogens with zero attached hydrogens (tertiary/aromatic N) is 2. The minimum absolute atomic E-state index is 0.000923. The van der Waals surface area contributed by atoms with E-state index in [2.05, 4.69) is 93.9 Å². The van der Waals surface area contributed by atoms with Crippen molar-refractivity contribution in [2.24, 2.45) is 5.92 Å². The topological polar surface area (TPSA) is 49.9 Å². The second kappa shape index (κ2) is 11.0. The summed E-state index contributed by atoms with van der Waals surface area (Å²) in [5.41, 5.74) is 5.14. The van der Waals surface area contributed by atoms with Gasteiger partial charge in [-0.2, -0.15) is 0 Å². The van der Waals surface area contributed by atoms with Crippen LogP contribution in [0.3, 0.4) is 0 Å². The molecule has 2 aliphatic rings. The quantitative estimate of drug-likeness (QED) is 0.419. The first-order valence-electron chi connectivity index (χ1n) is 11.9. The van der Waals surface area contributed by atoms with E-state index in [0.29, 0.717) is 12.5 Å². The molecule has 2 aromatic rings. The van der Waals surface area contributed by atoms with Crippen molar-refractivity contribution < 1.29 is 14.3 Å². The number of carbonyl (C=O) groups is 2. The van der Waals surface area contributed by atoms with Gasteiger partial charge >= 0.3 is 0 Å². The summed E-state index contributed by atoms with van der Waals surface area (Å²) < 4.78 is 7.36. The van der Waals surface area contributed by atoms with Gasteiger partial charge in [-0.3, -0.25) is 19.4 Å². The molecule has 2 heterocycles. The fourth-order valence-corrected chi connectivity index (χ4v) is 6.72. The molecule has 2 aliphatic heterocycles. The summed E-state index contributed by atoms with van der Waals surface area (Å²) in [6, 6.07) is 13.5. The Morgan fingerprint density at radius 3 is 1.88 bits per heavy atom. The van der Waals surface area contributed by atoms with E-state index in [0.717, 1.165) is 34.9 Å². The Morgan fingerprint density at radius 1 is 0.912 bits per heavy atom. The summed E-state index contributed by atoms with van der Waals surface area (Å²) in [5.74, 6) is 0.316. The van der Waals surface area contributed by atoms with E-state index < -0.39 is 0 Å². The molecule has 182 valence electrons. The van der Waals surface area contributed by atoms with Crippen molar-refractivity contribution in [2.45, 2.75) is 45.6 Å². The summed E-state index contributed by atoms with van der Waals surface area (Å²) in [5, 5.41) is 0. The highest BCUT2D eigenvalue weighted by atomic mass is 79.9. The van der Waals surface area contributed by atoms with Crippen molar-refractivity contribution in [3.8, 4) is 0 Å². The number of imide groups is 1. The molecule has 0 spiro atoms. The first kappa shape index (κ1) is 25.5. The van der Waals surface area contributed by atoms with Gasteiger partial charge in [0.1, 0.15) is 13.2 Å². The van der Waals surface area contributed by atoms with E-state index in [1.807, 2.05) is 0 Å². The zero-order valence-electron chi connectivity index (χ0n) is 20.0. The molecule has 0 radical (unpaired) electrons. The Labute approximate surface area is 219 Å². The number of aryl methyl sites for hydroxylation is 2. The molecule has 2 saturated heterocycles. The molecule has 1 atom stereocenters. The Balaban J connectivity index is 1.52. The van der Waals surface area contributed by atoms with Gasteiger partial charge in [0.2, 0.25) is 0 Å². The molecular formula is C27H32Br2N2O3. The predicted molar refractivity (Wildman–Crippen MR) is 141 cm³/mol. The van der Waals surface area contributed by atoms with Gasteiger partial charge in [0.25, 0.3) is 11.8 Å². The summed E-state index contributed by atoms with van der Waals surface area (Å²) in [6.45, 7) is 8.68. The maximum atomic E-state index is 12.1. The van der Waals surface area contributed by atoms with Crippen LogP contribution in [0.25, 0.3) is 0 Å².